The third-order valence-corrected chi connectivity index (χ3v) is 0. The van der Waals surface area contributed by atoms with E-state index in [1.807, 2.05) is 0 Å². The fourth-order valence-corrected chi connectivity index (χ4v) is 0. The van der Waals surface area contributed by atoms with E-state index < -0.39 is 0 Å². The molecule has 0 aliphatic heterocycles. The van der Waals surface area contributed by atoms with Crippen molar-refractivity contribution in [3.8, 4) is 0 Å². The minimum Gasteiger partial charge on any atom is -1.00 e. The maximum absolute atomic E-state index is 0. The Morgan fingerprint density at radius 3 is 0.833 bits per heavy atom. The molecule has 0 rings (SSSR count). The van der Waals surface area contributed by atoms with E-state index in [0.717, 1.165) is 0 Å². The van der Waals surface area contributed by atoms with Gasteiger partial charge in [0.25, 0.3) is 0 Å². The maximum atomic E-state index is 0. The van der Waals surface area contributed by atoms with Crippen LogP contribution in [0.25, 0.3) is 0 Å². The first-order chi connectivity index (χ1) is 0. The average Bonchev–Trinajstić information content (AvgIpc) is 0. The van der Waals surface area contributed by atoms with Gasteiger partial charge in [-0.3, -0.25) is 14.1 Å². The molecule has 0 atom stereocenters. The number of hydrogen-bond acceptors (Lipinski definition) is 0. The molecule has 0 aromatic heterocycles. The number of halogens is 3. The molecule has 0 amide bonds. The van der Waals surface area contributed by atoms with Gasteiger partial charge in [-0.2, -0.15) is 0 Å². The third-order valence-electron chi connectivity index (χ3n) is 0. The molecule has 0 saturated heterocycles. The Labute approximate surface area is 150 Å². The molecule has 0 aromatic rings. The minimum atomic E-state index is 0. The summed E-state index contributed by atoms with van der Waals surface area (Å²) in [5.74, 6) is 0. The molecule has 0 unspecified atom stereocenters. The van der Waals surface area contributed by atoms with Gasteiger partial charge in [0.1, 0.15) is 0 Å². The molecule has 0 aliphatic rings. The van der Waals surface area contributed by atoms with Gasteiger partial charge in [0.2, 0.25) is 0 Å². The first-order valence-corrected chi connectivity index (χ1v) is 0. The van der Waals surface area contributed by atoms with E-state index in [9.17, 15) is 0 Å². The Hall–Kier alpha value is 4.01. The average molecular weight is 264 g/mol. The van der Waals surface area contributed by atoms with Crippen LogP contribution in [-0.4, -0.2) is 17.4 Å². The molecular formula is H8AlCsF3K. The van der Waals surface area contributed by atoms with E-state index >= 15 is 0 Å². The van der Waals surface area contributed by atoms with Crippen LogP contribution in [0.15, 0.2) is 0 Å². The summed E-state index contributed by atoms with van der Waals surface area (Å²) in [5.41, 5.74) is 0. The van der Waals surface area contributed by atoms with Crippen molar-refractivity contribution < 1.29 is 137 Å². The van der Waals surface area contributed by atoms with E-state index in [2.05, 4.69) is 0 Å². The van der Waals surface area contributed by atoms with E-state index in [4.69, 9.17) is 0 Å². The van der Waals surface area contributed by atoms with Gasteiger partial charge >= 0.3 is 120 Å². The van der Waals surface area contributed by atoms with Gasteiger partial charge in [0, 0.05) is 0 Å². The first-order valence-electron chi connectivity index (χ1n) is 0. The largest absolute Gasteiger partial charge is 1.00 e. The molecule has 0 N–H and O–H groups in total. The van der Waals surface area contributed by atoms with Gasteiger partial charge in [0.15, 0.2) is 17.4 Å². The van der Waals surface area contributed by atoms with E-state index in [1.165, 1.54) is 0 Å². The summed E-state index contributed by atoms with van der Waals surface area (Å²) >= 11 is 0. The zero-order valence-corrected chi connectivity index (χ0v) is 12.6. The standard InChI is InChI=1S/Al.Cs.3FH.K.5H/h;;3*1H;;;;;;/q;+1;;;;+1;;;;2*-1. The van der Waals surface area contributed by atoms with Crippen molar-refractivity contribution in [2.75, 3.05) is 0 Å². The second kappa shape index (κ2) is 35.9. The van der Waals surface area contributed by atoms with E-state index in [1.54, 1.807) is 0 Å². The minimum absolute atomic E-state index is 0. The fraction of sp³-hybridized carbons (Fsp3) is 0. The van der Waals surface area contributed by atoms with Crippen molar-refractivity contribution in [1.29, 1.82) is 0 Å². The molecule has 0 saturated carbocycles. The van der Waals surface area contributed by atoms with Gasteiger partial charge in [-0.15, -0.1) is 0 Å². The van der Waals surface area contributed by atoms with Crippen molar-refractivity contribution >= 4 is 17.4 Å². The first kappa shape index (κ1) is 50.5. The molecule has 0 aromatic carbocycles. The predicted octanol–water partition coefficient (Wildman–Crippen LogP) is -6.49. The quantitative estimate of drug-likeness (QED) is 0.382. The van der Waals surface area contributed by atoms with Crippen LogP contribution in [-0.2, 0) is 0 Å². The molecule has 6 heavy (non-hydrogen) atoms. The van der Waals surface area contributed by atoms with Gasteiger partial charge in [-0.1, -0.05) is 0 Å². The van der Waals surface area contributed by atoms with Crippen LogP contribution in [0.3, 0.4) is 0 Å². The monoisotopic (exact) mass is 264 g/mol. The summed E-state index contributed by atoms with van der Waals surface area (Å²) in [6.45, 7) is 0. The molecule has 0 heterocycles. The molecule has 0 nitrogen and oxygen atoms in total. The smallest absolute Gasteiger partial charge is 1.00 e. The van der Waals surface area contributed by atoms with Gasteiger partial charge in [0.05, 0.1) is 0 Å². The summed E-state index contributed by atoms with van der Waals surface area (Å²) < 4.78 is 0. The van der Waals surface area contributed by atoms with Crippen LogP contribution in [0.1, 0.15) is 2.85 Å². The summed E-state index contributed by atoms with van der Waals surface area (Å²) in [6, 6.07) is 0. The second-order valence-corrected chi connectivity index (χ2v) is 0. The van der Waals surface area contributed by atoms with Crippen LogP contribution in [0.5, 0.6) is 0 Å². The van der Waals surface area contributed by atoms with Gasteiger partial charge in [-0.05, 0) is 0 Å². The maximum Gasteiger partial charge on any atom is 1.00 e. The Kier molecular flexibility index (Phi) is 303. The Balaban J connectivity index is 0. The number of rotatable bonds is 0. The fourth-order valence-electron chi connectivity index (χ4n) is 0. The molecule has 0 radical (unpaired) electrons. The van der Waals surface area contributed by atoms with E-state index in [-0.39, 0.29) is 155 Å². The molecule has 0 fully saturated rings. The van der Waals surface area contributed by atoms with Crippen molar-refractivity contribution in [3.05, 3.63) is 0 Å². The molecule has 0 spiro atoms. The van der Waals surface area contributed by atoms with Crippen molar-refractivity contribution in [1.82, 2.24) is 0 Å². The summed E-state index contributed by atoms with van der Waals surface area (Å²) in [7, 11) is 0. The summed E-state index contributed by atoms with van der Waals surface area (Å²) in [6.07, 6.45) is 0. The SMILES string of the molecule is F.F.F.[AlH3].[Cs+].[H-].[H-].[K+]. The Bertz CT molecular complexity index is 17.2. The van der Waals surface area contributed by atoms with Crippen LogP contribution in [0, 0.1) is 0 Å². The molecule has 0 bridgehead atoms. The van der Waals surface area contributed by atoms with Crippen molar-refractivity contribution in [2.45, 2.75) is 0 Å². The van der Waals surface area contributed by atoms with Crippen LogP contribution in [0.4, 0.5) is 14.1 Å². The zero-order chi connectivity index (χ0) is 0. The topological polar surface area (TPSA) is 0 Å². The molecule has 34 valence electrons. The summed E-state index contributed by atoms with van der Waals surface area (Å²) in [5, 5.41) is 0. The Morgan fingerprint density at radius 1 is 0.833 bits per heavy atom. The summed E-state index contributed by atoms with van der Waals surface area (Å²) in [4.78, 5) is 0. The van der Waals surface area contributed by atoms with Crippen LogP contribution >= 0.6 is 0 Å². The molecule has 6 heteroatoms. The number of hydrogen-bond donors (Lipinski definition) is 0. The third kappa shape index (κ3) is 24.5. The van der Waals surface area contributed by atoms with Gasteiger partial charge < -0.3 is 2.85 Å². The molecule has 0 aliphatic carbocycles. The van der Waals surface area contributed by atoms with Crippen molar-refractivity contribution in [2.24, 2.45) is 0 Å². The second-order valence-electron chi connectivity index (χ2n) is 0. The van der Waals surface area contributed by atoms with Gasteiger partial charge in [-0.25, -0.2) is 0 Å². The van der Waals surface area contributed by atoms with Crippen molar-refractivity contribution in [3.63, 3.8) is 0 Å². The zero-order valence-electron chi connectivity index (χ0n) is 5.22. The predicted molar refractivity (Wildman–Crippen MR) is 19.7 cm³/mol. The Morgan fingerprint density at radius 2 is 0.833 bits per heavy atom. The van der Waals surface area contributed by atoms with E-state index in [0.29, 0.717) is 0 Å². The normalized spacial score (nSPS) is 0. The van der Waals surface area contributed by atoms with Crippen LogP contribution < -0.4 is 120 Å². The van der Waals surface area contributed by atoms with Crippen LogP contribution in [0.2, 0.25) is 0 Å². The molecular weight excluding hydrogens is 256 g/mol.